The van der Waals surface area contributed by atoms with Gasteiger partial charge < -0.3 is 14.7 Å². The molecule has 0 saturated heterocycles. The molecule has 3 nitrogen and oxygen atoms in total. The molecule has 80 heavy (non-hydrogen) atoms. The van der Waals surface area contributed by atoms with Crippen molar-refractivity contribution in [2.45, 2.75) is 212 Å². The Morgan fingerprint density at radius 1 is 0.375 bits per heavy atom. The van der Waals surface area contributed by atoms with Crippen molar-refractivity contribution in [2.24, 2.45) is 0 Å². The molecule has 0 amide bonds. The van der Waals surface area contributed by atoms with E-state index in [1.54, 1.807) is 0 Å². The highest BCUT2D eigenvalue weighted by molar-refractivity contribution is 7.25. The summed E-state index contributed by atoms with van der Waals surface area (Å²) in [5, 5.41) is 2.68. The maximum Gasteiger partial charge on any atom is 0.252 e. The van der Waals surface area contributed by atoms with E-state index in [0.717, 1.165) is 6.42 Å². The predicted octanol–water partition coefficient (Wildman–Crippen LogP) is 19.2. The molecule has 1 aromatic heterocycles. The van der Waals surface area contributed by atoms with Crippen molar-refractivity contribution >= 4 is 100 Å². The van der Waals surface area contributed by atoms with Crippen molar-refractivity contribution in [2.75, 3.05) is 14.7 Å². The largest absolute Gasteiger partial charge is 0.334 e. The van der Waals surface area contributed by atoms with E-state index in [4.69, 9.17) is 0 Å². The zero-order valence-corrected chi connectivity index (χ0v) is 51.7. The summed E-state index contributed by atoms with van der Waals surface area (Å²) in [6, 6.07) is 48.1. The van der Waals surface area contributed by atoms with Gasteiger partial charge in [0.2, 0.25) is 0 Å². The number of aryl methyl sites for hydroxylation is 1. The van der Waals surface area contributed by atoms with Crippen LogP contribution in [0.2, 0.25) is 0 Å². The molecule has 2 unspecified atom stereocenters. The Hall–Kier alpha value is -5.78. The van der Waals surface area contributed by atoms with Gasteiger partial charge in [-0.25, -0.2) is 0 Å². The first kappa shape index (κ1) is 51.1. The fourth-order valence-electron chi connectivity index (χ4n) is 17.6. The summed E-state index contributed by atoms with van der Waals surface area (Å²) >= 11 is 1.92. The summed E-state index contributed by atoms with van der Waals surface area (Å²) in [4.78, 5) is 8.46. The minimum absolute atomic E-state index is 0.00232. The van der Waals surface area contributed by atoms with Gasteiger partial charge in [-0.3, -0.25) is 0 Å². The summed E-state index contributed by atoms with van der Waals surface area (Å²) in [6.07, 6.45) is 11.9. The Bertz CT molecular complexity index is 4010. The number of fused-ring (bicyclic) bond motifs is 13. The second-order valence-electron chi connectivity index (χ2n) is 30.9. The molecule has 408 valence electrons. The van der Waals surface area contributed by atoms with Crippen LogP contribution in [0.25, 0.3) is 20.2 Å². The zero-order chi connectivity index (χ0) is 55.8. The van der Waals surface area contributed by atoms with Crippen LogP contribution in [-0.4, -0.2) is 12.3 Å². The van der Waals surface area contributed by atoms with Crippen LogP contribution in [0.3, 0.4) is 0 Å². The third kappa shape index (κ3) is 6.85. The number of anilines is 8. The first-order valence-corrected chi connectivity index (χ1v) is 31.7. The van der Waals surface area contributed by atoms with Gasteiger partial charge in [-0.1, -0.05) is 157 Å². The van der Waals surface area contributed by atoms with Gasteiger partial charge in [0, 0.05) is 71.1 Å². The molecule has 2 atom stereocenters. The third-order valence-corrected chi connectivity index (χ3v) is 24.4. The molecular formula is C75H84BN3S. The summed E-state index contributed by atoms with van der Waals surface area (Å²) in [5.41, 5.74) is 27.0. The van der Waals surface area contributed by atoms with Gasteiger partial charge in [0.1, 0.15) is 0 Å². The topological polar surface area (TPSA) is 9.72 Å². The minimum atomic E-state index is -0.129. The smallest absolute Gasteiger partial charge is 0.252 e. The van der Waals surface area contributed by atoms with E-state index in [-0.39, 0.29) is 50.2 Å². The van der Waals surface area contributed by atoms with Crippen LogP contribution >= 0.6 is 11.3 Å². The Balaban J connectivity index is 1.12. The summed E-state index contributed by atoms with van der Waals surface area (Å²) < 4.78 is 2.69. The average Bonchev–Trinajstić information content (AvgIpc) is 4.06. The maximum absolute atomic E-state index is 2.87. The van der Waals surface area contributed by atoms with Crippen LogP contribution in [0.15, 0.2) is 115 Å². The Morgan fingerprint density at radius 3 is 1.45 bits per heavy atom. The van der Waals surface area contributed by atoms with Crippen molar-refractivity contribution in [3.63, 3.8) is 0 Å². The van der Waals surface area contributed by atoms with Crippen LogP contribution in [0.4, 0.5) is 45.5 Å². The molecule has 15 rings (SSSR count). The van der Waals surface area contributed by atoms with E-state index in [2.05, 4.69) is 234 Å². The number of rotatable bonds is 3. The normalized spacial score (nSPS) is 24.5. The summed E-state index contributed by atoms with van der Waals surface area (Å²) in [5.74, 6) is 0. The molecule has 0 bridgehead atoms. The number of benzene rings is 7. The first-order valence-electron chi connectivity index (χ1n) is 30.9. The molecule has 0 spiro atoms. The van der Waals surface area contributed by atoms with E-state index < -0.39 is 0 Å². The molecule has 3 aliphatic heterocycles. The molecule has 7 aromatic carbocycles. The molecule has 1 fully saturated rings. The van der Waals surface area contributed by atoms with Crippen LogP contribution in [-0.2, 0) is 37.9 Å². The van der Waals surface area contributed by atoms with Gasteiger partial charge >= 0.3 is 0 Å². The quantitative estimate of drug-likeness (QED) is 0.163. The highest BCUT2D eigenvalue weighted by Crippen LogP contribution is 2.63. The SMILES string of the molecule is Cc1ccc2c(c1)C1(C)CCCCC1(C)N2c1cc2c3c(c1)N(c1ccc4sc5ccccc5c4c1)c1cc4c(cc1B3c1cc3c(cc1N2c1ccc2c(c1)C(C)(C)CCC2(C)C)C(C)(C)CCC3(C)C)C(C)(C)CCC4(C)C. The van der Waals surface area contributed by atoms with Crippen LogP contribution in [0.1, 0.15) is 206 Å². The van der Waals surface area contributed by atoms with Crippen molar-refractivity contribution < 1.29 is 0 Å². The van der Waals surface area contributed by atoms with Crippen LogP contribution < -0.4 is 31.1 Å². The van der Waals surface area contributed by atoms with E-state index in [1.807, 2.05) is 11.3 Å². The Labute approximate surface area is 483 Å². The van der Waals surface area contributed by atoms with Gasteiger partial charge in [-0.2, -0.15) is 0 Å². The molecular weight excluding hydrogens is 986 g/mol. The first-order chi connectivity index (χ1) is 37.7. The highest BCUT2D eigenvalue weighted by atomic mass is 32.1. The molecule has 0 N–H and O–H groups in total. The van der Waals surface area contributed by atoms with Crippen LogP contribution in [0, 0.1) is 6.92 Å². The fourth-order valence-corrected chi connectivity index (χ4v) is 18.7. The lowest BCUT2D eigenvalue weighted by Gasteiger charge is -2.52. The molecule has 4 aliphatic carbocycles. The predicted molar refractivity (Wildman–Crippen MR) is 347 cm³/mol. The summed E-state index contributed by atoms with van der Waals surface area (Å²) in [6.45, 7) is 37.8. The third-order valence-electron chi connectivity index (χ3n) is 23.2. The molecule has 8 aromatic rings. The lowest BCUT2D eigenvalue weighted by Crippen LogP contribution is -2.62. The van der Waals surface area contributed by atoms with Gasteiger partial charge in [0.15, 0.2) is 0 Å². The van der Waals surface area contributed by atoms with Gasteiger partial charge in [0.25, 0.3) is 6.71 Å². The number of thiophene rings is 1. The van der Waals surface area contributed by atoms with E-state index >= 15 is 0 Å². The van der Waals surface area contributed by atoms with Crippen molar-refractivity contribution in [1.29, 1.82) is 0 Å². The van der Waals surface area contributed by atoms with E-state index in [9.17, 15) is 0 Å². The fraction of sp³-hybridized carbons (Fsp3) is 0.440. The van der Waals surface area contributed by atoms with Gasteiger partial charge in [0.05, 0.1) is 5.54 Å². The molecule has 5 heteroatoms. The summed E-state index contributed by atoms with van der Waals surface area (Å²) in [7, 11) is 0. The molecule has 4 heterocycles. The van der Waals surface area contributed by atoms with Gasteiger partial charge in [-0.05, 0) is 220 Å². The molecule has 0 radical (unpaired) electrons. The minimum Gasteiger partial charge on any atom is -0.334 e. The van der Waals surface area contributed by atoms with Gasteiger partial charge in [-0.15, -0.1) is 11.3 Å². The number of hydrogen-bond donors (Lipinski definition) is 0. The second-order valence-corrected chi connectivity index (χ2v) is 32.0. The van der Waals surface area contributed by atoms with Crippen LogP contribution in [0.5, 0.6) is 0 Å². The average molecular weight is 1070 g/mol. The van der Waals surface area contributed by atoms with Crippen molar-refractivity contribution in [3.05, 3.63) is 160 Å². The molecule has 7 aliphatic rings. The van der Waals surface area contributed by atoms with E-state index in [1.165, 1.54) is 184 Å². The second kappa shape index (κ2) is 16.3. The van der Waals surface area contributed by atoms with Crippen molar-refractivity contribution in [3.8, 4) is 0 Å². The standard InChI is InChI=1S/C75H84BN3S/c1-45-22-26-60-57(36-45)74(14)28-18-19-29-75(74,15)79(60)48-39-63-67-64(40-48)78(47-23-25-51-52(38-47)69(4,5)31-30-68(51,2)3)62-44-56-54(71(8,9)33-35-73(56,12)13)42-59(62)76(67)58-41-53-55(72(10,11)34-32-70(53,6)7)43-61(58)77(63)46-24-27-66-50(37-46)49-20-16-17-21-65(49)80-66/h16-17,20-27,36-44H,18-19,28-35H2,1-15H3. The van der Waals surface area contributed by atoms with E-state index in [0.29, 0.717) is 0 Å². The monoisotopic (exact) mass is 1070 g/mol. The molecule has 1 saturated carbocycles. The number of hydrogen-bond acceptors (Lipinski definition) is 4. The zero-order valence-electron chi connectivity index (χ0n) is 50.9. The number of nitrogens with zero attached hydrogens (tertiary/aromatic N) is 3. The Kier molecular flexibility index (Phi) is 10.4. The lowest BCUT2D eigenvalue weighted by atomic mass is 9.32. The maximum atomic E-state index is 2.87. The Morgan fingerprint density at radius 2 is 0.863 bits per heavy atom. The lowest BCUT2D eigenvalue weighted by molar-refractivity contribution is 0.195. The highest BCUT2D eigenvalue weighted by Gasteiger charge is 2.58. The van der Waals surface area contributed by atoms with Crippen molar-refractivity contribution in [1.82, 2.24) is 0 Å².